The maximum absolute atomic E-state index is 11.3. The molecule has 0 heterocycles. The first-order chi connectivity index (χ1) is 9.28. The van der Waals surface area contributed by atoms with Crippen molar-refractivity contribution in [1.82, 2.24) is 5.32 Å². The third kappa shape index (κ3) is 4.00. The zero-order chi connectivity index (χ0) is 15.4. The van der Waals surface area contributed by atoms with Crippen molar-refractivity contribution in [3.8, 4) is 0 Å². The minimum atomic E-state index is -3.75. The molecule has 0 aliphatic heterocycles. The third-order valence-electron chi connectivity index (χ3n) is 3.49. The summed E-state index contributed by atoms with van der Waals surface area (Å²) in [5.41, 5.74) is -0.0759. The van der Waals surface area contributed by atoms with Crippen molar-refractivity contribution in [2.45, 2.75) is 36.7 Å². The van der Waals surface area contributed by atoms with Gasteiger partial charge in [-0.05, 0) is 31.0 Å². The van der Waals surface area contributed by atoms with Crippen LogP contribution in [0, 0.1) is 0 Å². The van der Waals surface area contributed by atoms with Gasteiger partial charge in [-0.3, -0.25) is 0 Å². The lowest BCUT2D eigenvalue weighted by Crippen LogP contribution is -2.52. The van der Waals surface area contributed by atoms with E-state index in [0.29, 0.717) is 6.42 Å². The average Bonchev–Trinajstić information content (AvgIpc) is 2.44. The predicted molar refractivity (Wildman–Crippen MR) is 76.6 cm³/mol. The fourth-order valence-corrected chi connectivity index (χ4v) is 2.54. The molecule has 0 saturated heterocycles. The topological polar surface area (TPSA) is 113 Å². The maximum atomic E-state index is 11.3. The molecule has 7 heteroatoms. The normalized spacial score (nSPS) is 14.2. The molecule has 1 rings (SSSR count). The summed E-state index contributed by atoms with van der Waals surface area (Å²) in [7, 11) is -3.75. The number of sulfonamides is 1. The highest BCUT2D eigenvalue weighted by atomic mass is 32.2. The highest BCUT2D eigenvalue weighted by Gasteiger charge is 2.28. The number of rotatable bonds is 7. The van der Waals surface area contributed by atoms with Gasteiger partial charge in [-0.25, -0.2) is 13.6 Å². The van der Waals surface area contributed by atoms with E-state index in [0.717, 1.165) is 5.56 Å². The second kappa shape index (κ2) is 6.64. The summed E-state index contributed by atoms with van der Waals surface area (Å²) in [5, 5.41) is 27.1. The van der Waals surface area contributed by atoms with Crippen molar-refractivity contribution >= 4 is 10.0 Å². The fourth-order valence-electron chi connectivity index (χ4n) is 1.97. The molecule has 0 fully saturated rings. The number of nitrogens with one attached hydrogen (secondary N) is 1. The molecule has 0 bridgehead atoms. The molecule has 5 N–H and O–H groups in total. The first kappa shape index (κ1) is 17.1. The van der Waals surface area contributed by atoms with Crippen LogP contribution < -0.4 is 10.5 Å². The van der Waals surface area contributed by atoms with Crippen LogP contribution in [0.2, 0.25) is 0 Å². The van der Waals surface area contributed by atoms with E-state index in [1.807, 2.05) is 13.8 Å². The lowest BCUT2D eigenvalue weighted by molar-refractivity contribution is 0.0793. The number of nitrogens with two attached hydrogens (primary N) is 1. The summed E-state index contributed by atoms with van der Waals surface area (Å²) in [6.45, 7) is 3.27. The van der Waals surface area contributed by atoms with Crippen molar-refractivity contribution in [3.05, 3.63) is 29.8 Å². The molecule has 20 heavy (non-hydrogen) atoms. The van der Waals surface area contributed by atoms with Gasteiger partial charge in [0.15, 0.2) is 0 Å². The van der Waals surface area contributed by atoms with Crippen LogP contribution in [0.15, 0.2) is 29.2 Å². The Morgan fingerprint density at radius 2 is 1.95 bits per heavy atom. The van der Waals surface area contributed by atoms with E-state index >= 15 is 0 Å². The van der Waals surface area contributed by atoms with Gasteiger partial charge in [-0.2, -0.15) is 0 Å². The van der Waals surface area contributed by atoms with Crippen LogP contribution in [0.5, 0.6) is 0 Å². The van der Waals surface area contributed by atoms with Crippen molar-refractivity contribution in [2.24, 2.45) is 5.14 Å². The summed E-state index contributed by atoms with van der Waals surface area (Å²) in [6.07, 6.45) is 0.541. The van der Waals surface area contributed by atoms with Crippen molar-refractivity contribution in [1.29, 1.82) is 0 Å². The molecular formula is C13H22N2O4S. The standard InChI is InChI=1S/C13H22N2O4S/c1-3-13(8-16,9-17)15-10(2)11-5-4-6-12(7-11)20(14,18)19/h4-7,10,15-17H,3,8-9H2,1-2H3,(H2,14,18,19). The molecule has 0 aromatic heterocycles. The van der Waals surface area contributed by atoms with Gasteiger partial charge in [0, 0.05) is 6.04 Å². The summed E-state index contributed by atoms with van der Waals surface area (Å²) in [6, 6.07) is 6.05. The molecule has 114 valence electrons. The molecule has 1 unspecified atom stereocenters. The lowest BCUT2D eigenvalue weighted by atomic mass is 9.95. The Hall–Kier alpha value is -0.990. The zero-order valence-electron chi connectivity index (χ0n) is 11.7. The molecule has 1 atom stereocenters. The van der Waals surface area contributed by atoms with Gasteiger partial charge in [0.1, 0.15) is 0 Å². The maximum Gasteiger partial charge on any atom is 0.238 e. The first-order valence-corrected chi connectivity index (χ1v) is 7.95. The van der Waals surface area contributed by atoms with Crippen LogP contribution >= 0.6 is 0 Å². The molecule has 0 aliphatic carbocycles. The monoisotopic (exact) mass is 302 g/mol. The van der Waals surface area contributed by atoms with Crippen molar-refractivity contribution in [3.63, 3.8) is 0 Å². The van der Waals surface area contributed by atoms with Gasteiger partial charge < -0.3 is 15.5 Å². The zero-order valence-corrected chi connectivity index (χ0v) is 12.5. The van der Waals surface area contributed by atoms with Gasteiger partial charge in [0.05, 0.1) is 23.6 Å². The summed E-state index contributed by atoms with van der Waals surface area (Å²) in [5.74, 6) is 0. The highest BCUT2D eigenvalue weighted by molar-refractivity contribution is 7.89. The molecule has 0 aliphatic rings. The van der Waals surface area contributed by atoms with Gasteiger partial charge in [0.2, 0.25) is 10.0 Å². The Bertz CT molecular complexity index is 533. The molecule has 1 aromatic rings. The van der Waals surface area contributed by atoms with E-state index in [-0.39, 0.29) is 24.2 Å². The second-order valence-corrected chi connectivity index (χ2v) is 6.50. The van der Waals surface area contributed by atoms with Crippen LogP contribution in [-0.2, 0) is 10.0 Å². The number of hydrogen-bond donors (Lipinski definition) is 4. The minimum Gasteiger partial charge on any atom is -0.394 e. The van der Waals surface area contributed by atoms with E-state index < -0.39 is 15.6 Å². The second-order valence-electron chi connectivity index (χ2n) is 4.93. The molecular weight excluding hydrogens is 280 g/mol. The largest absolute Gasteiger partial charge is 0.394 e. The number of primary sulfonamides is 1. The fraction of sp³-hybridized carbons (Fsp3) is 0.538. The van der Waals surface area contributed by atoms with Crippen LogP contribution in [0.4, 0.5) is 0 Å². The summed E-state index contributed by atoms with van der Waals surface area (Å²) in [4.78, 5) is 0.0405. The van der Waals surface area contributed by atoms with E-state index in [1.165, 1.54) is 12.1 Å². The summed E-state index contributed by atoms with van der Waals surface area (Å²) < 4.78 is 22.7. The van der Waals surface area contributed by atoms with E-state index in [2.05, 4.69) is 5.32 Å². The Morgan fingerprint density at radius 3 is 2.40 bits per heavy atom. The molecule has 0 saturated carbocycles. The van der Waals surface area contributed by atoms with Gasteiger partial charge >= 0.3 is 0 Å². The first-order valence-electron chi connectivity index (χ1n) is 6.40. The van der Waals surface area contributed by atoms with Gasteiger partial charge in [-0.1, -0.05) is 19.1 Å². The van der Waals surface area contributed by atoms with E-state index in [4.69, 9.17) is 5.14 Å². The van der Waals surface area contributed by atoms with Gasteiger partial charge in [0.25, 0.3) is 0 Å². The summed E-state index contributed by atoms with van der Waals surface area (Å²) >= 11 is 0. The van der Waals surface area contributed by atoms with E-state index in [1.54, 1.807) is 12.1 Å². The van der Waals surface area contributed by atoms with E-state index in [9.17, 15) is 18.6 Å². The van der Waals surface area contributed by atoms with Crippen LogP contribution in [0.1, 0.15) is 31.9 Å². The van der Waals surface area contributed by atoms with Crippen LogP contribution in [0.3, 0.4) is 0 Å². The Labute approximate surface area is 119 Å². The molecule has 0 amide bonds. The van der Waals surface area contributed by atoms with Crippen molar-refractivity contribution < 1.29 is 18.6 Å². The predicted octanol–water partition coefficient (Wildman–Crippen LogP) is 0.118. The Morgan fingerprint density at radius 1 is 1.35 bits per heavy atom. The third-order valence-corrected chi connectivity index (χ3v) is 4.40. The molecule has 6 nitrogen and oxygen atoms in total. The van der Waals surface area contributed by atoms with Crippen LogP contribution in [0.25, 0.3) is 0 Å². The molecule has 1 aromatic carbocycles. The Kier molecular flexibility index (Phi) is 5.67. The number of benzene rings is 1. The smallest absolute Gasteiger partial charge is 0.238 e. The Balaban J connectivity index is 3.01. The van der Waals surface area contributed by atoms with Crippen molar-refractivity contribution in [2.75, 3.05) is 13.2 Å². The number of aliphatic hydroxyl groups is 2. The minimum absolute atomic E-state index is 0.0405. The SMILES string of the molecule is CCC(CO)(CO)NC(C)c1cccc(S(N)(=O)=O)c1. The lowest BCUT2D eigenvalue weighted by Gasteiger charge is -2.33. The molecule has 0 spiro atoms. The number of aliphatic hydroxyl groups excluding tert-OH is 2. The number of hydrogen-bond acceptors (Lipinski definition) is 5. The quantitative estimate of drug-likeness (QED) is 0.571. The van der Waals surface area contributed by atoms with Gasteiger partial charge in [-0.15, -0.1) is 0 Å². The molecule has 0 radical (unpaired) electrons. The average molecular weight is 302 g/mol. The highest BCUT2D eigenvalue weighted by Crippen LogP contribution is 2.21. The van der Waals surface area contributed by atoms with Crippen LogP contribution in [-0.4, -0.2) is 37.4 Å².